The van der Waals surface area contributed by atoms with Crippen molar-refractivity contribution in [1.29, 1.82) is 0 Å². The number of carbonyl (C=O) groups excluding carboxylic acids is 1. The first-order chi connectivity index (χ1) is 7.75. The van der Waals surface area contributed by atoms with Crippen molar-refractivity contribution in [3.05, 3.63) is 18.0 Å². The lowest BCUT2D eigenvalue weighted by Crippen LogP contribution is -2.12. The highest BCUT2D eigenvalue weighted by Gasteiger charge is 2.16. The Labute approximate surface area is 94.3 Å². The van der Waals surface area contributed by atoms with Crippen molar-refractivity contribution in [3.63, 3.8) is 0 Å². The highest BCUT2D eigenvalue weighted by Crippen LogP contribution is 2.15. The van der Waals surface area contributed by atoms with Crippen LogP contribution in [0.3, 0.4) is 0 Å². The molecule has 1 aliphatic heterocycles. The molecule has 0 spiro atoms. The number of aromatic nitrogens is 2. The fraction of sp³-hybridized carbons (Fsp3) is 0.636. The lowest BCUT2D eigenvalue weighted by atomic mass is 10.2. The molecule has 88 valence electrons. The molecule has 1 atom stereocenters. The molecule has 16 heavy (non-hydrogen) atoms. The van der Waals surface area contributed by atoms with Crippen molar-refractivity contribution in [2.75, 3.05) is 13.2 Å². The van der Waals surface area contributed by atoms with Crippen LogP contribution in [0.2, 0.25) is 0 Å². The minimum Gasteiger partial charge on any atom is -0.462 e. The summed E-state index contributed by atoms with van der Waals surface area (Å²) in [5.41, 5.74) is 0.495. The van der Waals surface area contributed by atoms with Crippen molar-refractivity contribution in [3.8, 4) is 0 Å². The van der Waals surface area contributed by atoms with Gasteiger partial charge in [-0.05, 0) is 12.8 Å². The molecule has 1 saturated heterocycles. The van der Waals surface area contributed by atoms with Gasteiger partial charge in [-0.25, -0.2) is 4.79 Å². The van der Waals surface area contributed by atoms with Gasteiger partial charge in [-0.2, -0.15) is 5.10 Å². The van der Waals surface area contributed by atoms with E-state index in [4.69, 9.17) is 9.47 Å². The van der Waals surface area contributed by atoms with Crippen LogP contribution in [0, 0.1) is 0 Å². The molecule has 0 amide bonds. The molecule has 0 unspecified atom stereocenters. The summed E-state index contributed by atoms with van der Waals surface area (Å²) in [6, 6.07) is 0. The second-order valence-electron chi connectivity index (χ2n) is 3.96. The number of esters is 1. The standard InChI is InChI=1S/C11H16N2O3/c1-13-8-9(7-12-13)11(14)16-6-4-10-3-2-5-15-10/h7-8,10H,2-6H2,1H3/t10-/m1/s1. The molecule has 2 rings (SSSR count). The summed E-state index contributed by atoms with van der Waals surface area (Å²) in [5.74, 6) is -0.314. The highest BCUT2D eigenvalue weighted by molar-refractivity contribution is 5.88. The van der Waals surface area contributed by atoms with E-state index in [1.165, 1.54) is 6.20 Å². The van der Waals surface area contributed by atoms with E-state index in [0.717, 1.165) is 25.9 Å². The molecule has 1 aromatic heterocycles. The van der Waals surface area contributed by atoms with Crippen molar-refractivity contribution in [1.82, 2.24) is 9.78 Å². The molecule has 0 radical (unpaired) electrons. The summed E-state index contributed by atoms with van der Waals surface area (Å²) in [6.07, 6.45) is 6.39. The van der Waals surface area contributed by atoms with Gasteiger partial charge in [0.2, 0.25) is 0 Å². The van der Waals surface area contributed by atoms with Crippen LogP contribution in [0.25, 0.3) is 0 Å². The first kappa shape index (κ1) is 11.1. The van der Waals surface area contributed by atoms with Crippen LogP contribution in [0.15, 0.2) is 12.4 Å². The smallest absolute Gasteiger partial charge is 0.341 e. The zero-order valence-electron chi connectivity index (χ0n) is 9.39. The van der Waals surface area contributed by atoms with E-state index in [-0.39, 0.29) is 12.1 Å². The van der Waals surface area contributed by atoms with E-state index in [9.17, 15) is 4.79 Å². The molecule has 1 aromatic rings. The molecule has 0 bridgehead atoms. The van der Waals surface area contributed by atoms with Crippen molar-refractivity contribution >= 4 is 5.97 Å². The fourth-order valence-electron chi connectivity index (χ4n) is 1.77. The van der Waals surface area contributed by atoms with Crippen LogP contribution in [-0.2, 0) is 16.5 Å². The Bertz CT molecular complexity index is 356. The third kappa shape index (κ3) is 2.82. The number of carbonyl (C=O) groups is 1. The summed E-state index contributed by atoms with van der Waals surface area (Å²) < 4.78 is 12.1. The largest absolute Gasteiger partial charge is 0.462 e. The van der Waals surface area contributed by atoms with Crippen LogP contribution in [-0.4, -0.2) is 35.1 Å². The van der Waals surface area contributed by atoms with E-state index >= 15 is 0 Å². The lowest BCUT2D eigenvalue weighted by molar-refractivity contribution is 0.0386. The predicted molar refractivity (Wildman–Crippen MR) is 57.1 cm³/mol. The summed E-state index contributed by atoms with van der Waals surface area (Å²) in [7, 11) is 1.77. The third-order valence-electron chi connectivity index (χ3n) is 2.64. The molecule has 0 aromatic carbocycles. The Balaban J connectivity index is 1.71. The van der Waals surface area contributed by atoms with E-state index in [1.54, 1.807) is 17.9 Å². The summed E-state index contributed by atoms with van der Waals surface area (Å²) in [4.78, 5) is 11.5. The molecular weight excluding hydrogens is 208 g/mol. The second kappa shape index (κ2) is 5.12. The quantitative estimate of drug-likeness (QED) is 0.720. The molecule has 0 aliphatic carbocycles. The maximum absolute atomic E-state index is 11.5. The molecule has 0 saturated carbocycles. The van der Waals surface area contributed by atoms with Gasteiger partial charge in [0.25, 0.3) is 0 Å². The monoisotopic (exact) mass is 224 g/mol. The van der Waals surface area contributed by atoms with Crippen molar-refractivity contribution in [2.24, 2.45) is 7.05 Å². The van der Waals surface area contributed by atoms with E-state index in [0.29, 0.717) is 12.2 Å². The Morgan fingerprint density at radius 3 is 3.25 bits per heavy atom. The normalized spacial score (nSPS) is 19.9. The Hall–Kier alpha value is -1.36. The Kier molecular flexibility index (Phi) is 3.56. The van der Waals surface area contributed by atoms with Gasteiger partial charge in [0, 0.05) is 26.3 Å². The van der Waals surface area contributed by atoms with Crippen LogP contribution >= 0.6 is 0 Å². The van der Waals surface area contributed by atoms with E-state index in [2.05, 4.69) is 5.10 Å². The predicted octanol–water partition coefficient (Wildman–Crippen LogP) is 1.15. The SMILES string of the molecule is Cn1cc(C(=O)OCC[C@H]2CCCO2)cn1. The van der Waals surface area contributed by atoms with Crippen molar-refractivity contribution < 1.29 is 14.3 Å². The average Bonchev–Trinajstić information content (AvgIpc) is 2.89. The topological polar surface area (TPSA) is 53.4 Å². The molecule has 2 heterocycles. The van der Waals surface area contributed by atoms with Crippen LogP contribution in [0.5, 0.6) is 0 Å². The number of hydrogen-bond acceptors (Lipinski definition) is 4. The van der Waals surface area contributed by atoms with Gasteiger partial charge in [0.05, 0.1) is 24.5 Å². The second-order valence-corrected chi connectivity index (χ2v) is 3.96. The summed E-state index contributed by atoms with van der Waals surface area (Å²) in [5, 5.41) is 3.91. The maximum Gasteiger partial charge on any atom is 0.341 e. The zero-order chi connectivity index (χ0) is 11.4. The Morgan fingerprint density at radius 2 is 2.62 bits per heavy atom. The molecule has 5 heteroatoms. The molecule has 1 aliphatic rings. The van der Waals surface area contributed by atoms with Gasteiger partial charge in [-0.3, -0.25) is 4.68 Å². The van der Waals surface area contributed by atoms with Crippen LogP contribution in [0.4, 0.5) is 0 Å². The molecule has 1 fully saturated rings. The highest BCUT2D eigenvalue weighted by atomic mass is 16.5. The Morgan fingerprint density at radius 1 is 1.75 bits per heavy atom. The summed E-state index contributed by atoms with van der Waals surface area (Å²) >= 11 is 0. The number of hydrogen-bond donors (Lipinski definition) is 0. The first-order valence-corrected chi connectivity index (χ1v) is 5.53. The average molecular weight is 224 g/mol. The lowest BCUT2D eigenvalue weighted by Gasteiger charge is -2.08. The van der Waals surface area contributed by atoms with Gasteiger partial charge >= 0.3 is 5.97 Å². The number of ether oxygens (including phenoxy) is 2. The van der Waals surface area contributed by atoms with Gasteiger partial charge < -0.3 is 9.47 Å². The number of aryl methyl sites for hydroxylation is 1. The van der Waals surface area contributed by atoms with Crippen LogP contribution in [0.1, 0.15) is 29.6 Å². The zero-order valence-corrected chi connectivity index (χ0v) is 9.39. The van der Waals surface area contributed by atoms with Crippen LogP contribution < -0.4 is 0 Å². The summed E-state index contributed by atoms with van der Waals surface area (Å²) in [6.45, 7) is 1.25. The number of rotatable bonds is 4. The first-order valence-electron chi connectivity index (χ1n) is 5.53. The molecular formula is C11H16N2O3. The fourth-order valence-corrected chi connectivity index (χ4v) is 1.77. The third-order valence-corrected chi connectivity index (χ3v) is 2.64. The minimum absolute atomic E-state index is 0.265. The minimum atomic E-state index is -0.314. The van der Waals surface area contributed by atoms with E-state index < -0.39 is 0 Å². The molecule has 0 N–H and O–H groups in total. The van der Waals surface area contributed by atoms with Gasteiger partial charge in [0.15, 0.2) is 0 Å². The van der Waals surface area contributed by atoms with Gasteiger partial charge in [-0.15, -0.1) is 0 Å². The van der Waals surface area contributed by atoms with Gasteiger partial charge in [0.1, 0.15) is 0 Å². The van der Waals surface area contributed by atoms with Gasteiger partial charge in [-0.1, -0.05) is 0 Å². The number of nitrogens with zero attached hydrogens (tertiary/aromatic N) is 2. The van der Waals surface area contributed by atoms with Crippen molar-refractivity contribution in [2.45, 2.75) is 25.4 Å². The van der Waals surface area contributed by atoms with E-state index in [1.807, 2.05) is 0 Å². The maximum atomic E-state index is 11.5. The molecule has 5 nitrogen and oxygen atoms in total.